The molecule has 8 nitrogen and oxygen atoms in total. The smallest absolute Gasteiger partial charge is 0.255 e. The Morgan fingerprint density at radius 3 is 2.46 bits per heavy atom. The van der Waals surface area contributed by atoms with E-state index in [9.17, 15) is 34.8 Å². The predicted octanol–water partition coefficient (Wildman–Crippen LogP) is 4.60. The number of carbonyl (C=O) groups is 3. The summed E-state index contributed by atoms with van der Waals surface area (Å²) in [4.78, 5) is 39.5. The van der Waals surface area contributed by atoms with E-state index in [1.807, 2.05) is 6.07 Å². The number of phenolic OH excluding ortho intramolecular Hbond substituents is 1. The molecule has 216 valence electrons. The minimum atomic E-state index is -2.59. The fraction of sp³-hybridized carbons (Fsp3) is 0.485. The van der Waals surface area contributed by atoms with Gasteiger partial charge >= 0.3 is 0 Å². The van der Waals surface area contributed by atoms with Crippen molar-refractivity contribution in [2.75, 3.05) is 0 Å². The third-order valence-electron chi connectivity index (χ3n) is 10.2. The standard InChI is InChI=1S/C33H37NO7/c1-15(2)24-22-14-19-13-21-20(18-8-7-17(12-18)11-16-5-3-4-6-16)9-10-23(35)26(21)29(37)25(19)30(38)33(22,41)31(39)27(28(24)36)32(34)40/h7-10,15-16,19,22,24,35,37,39,41H,3-6,11-14H2,1-2H3,(H2,34,40)/t19-,22-,24-,33-/m0/s1. The van der Waals surface area contributed by atoms with Gasteiger partial charge in [-0.1, -0.05) is 63.3 Å². The monoisotopic (exact) mass is 559 g/mol. The van der Waals surface area contributed by atoms with E-state index in [0.717, 1.165) is 35.5 Å². The van der Waals surface area contributed by atoms with Crippen LogP contribution < -0.4 is 5.73 Å². The third-order valence-corrected chi connectivity index (χ3v) is 10.2. The van der Waals surface area contributed by atoms with Crippen molar-refractivity contribution in [3.05, 3.63) is 63.5 Å². The Balaban J connectivity index is 1.42. The minimum absolute atomic E-state index is 0.114. The van der Waals surface area contributed by atoms with Crippen molar-refractivity contribution >= 4 is 28.8 Å². The number of ketones is 2. The fourth-order valence-electron chi connectivity index (χ4n) is 8.28. The van der Waals surface area contributed by atoms with Crippen LogP contribution in [0.3, 0.4) is 0 Å². The second-order valence-electron chi connectivity index (χ2n) is 12.9. The second-order valence-corrected chi connectivity index (χ2v) is 12.9. The number of aliphatic hydroxyl groups is 3. The largest absolute Gasteiger partial charge is 0.508 e. The Kier molecular flexibility index (Phi) is 6.53. The van der Waals surface area contributed by atoms with Gasteiger partial charge in [-0.3, -0.25) is 14.4 Å². The van der Waals surface area contributed by atoms with Gasteiger partial charge in [0, 0.05) is 17.4 Å². The van der Waals surface area contributed by atoms with Crippen molar-refractivity contribution in [1.82, 2.24) is 0 Å². The maximum atomic E-state index is 14.0. The third kappa shape index (κ3) is 4.02. The first-order chi connectivity index (χ1) is 19.4. The Morgan fingerprint density at radius 1 is 1.10 bits per heavy atom. The van der Waals surface area contributed by atoms with E-state index in [2.05, 4.69) is 12.2 Å². The molecule has 41 heavy (non-hydrogen) atoms. The molecule has 6 N–H and O–H groups in total. The first-order valence-corrected chi connectivity index (χ1v) is 14.7. The van der Waals surface area contributed by atoms with Crippen LogP contribution >= 0.6 is 0 Å². The molecule has 0 unspecified atom stereocenters. The highest BCUT2D eigenvalue weighted by Gasteiger charge is 2.64. The number of amides is 1. The molecule has 5 aliphatic carbocycles. The molecule has 0 heterocycles. The maximum Gasteiger partial charge on any atom is 0.255 e. The van der Waals surface area contributed by atoms with E-state index in [1.54, 1.807) is 13.8 Å². The van der Waals surface area contributed by atoms with E-state index < -0.39 is 57.9 Å². The van der Waals surface area contributed by atoms with Crippen LogP contribution in [0.1, 0.15) is 75.5 Å². The molecule has 1 aromatic rings. The summed E-state index contributed by atoms with van der Waals surface area (Å²) < 4.78 is 0. The van der Waals surface area contributed by atoms with Gasteiger partial charge in [0.15, 0.2) is 11.4 Å². The minimum Gasteiger partial charge on any atom is -0.508 e. The van der Waals surface area contributed by atoms with Gasteiger partial charge in [0.2, 0.25) is 5.78 Å². The Labute approximate surface area is 238 Å². The Hall–Kier alpha value is -3.65. The van der Waals surface area contributed by atoms with Crippen LogP contribution in [0, 0.1) is 29.6 Å². The molecule has 0 bridgehead atoms. The van der Waals surface area contributed by atoms with E-state index in [1.165, 1.54) is 37.3 Å². The molecule has 0 saturated heterocycles. The summed E-state index contributed by atoms with van der Waals surface area (Å²) in [5.74, 6) is -6.73. The van der Waals surface area contributed by atoms with E-state index in [-0.39, 0.29) is 29.2 Å². The molecule has 8 heteroatoms. The van der Waals surface area contributed by atoms with Crippen LogP contribution in [-0.2, 0) is 20.8 Å². The molecular weight excluding hydrogens is 522 g/mol. The van der Waals surface area contributed by atoms with E-state index >= 15 is 0 Å². The predicted molar refractivity (Wildman–Crippen MR) is 152 cm³/mol. The van der Waals surface area contributed by atoms with Crippen LogP contribution in [0.5, 0.6) is 5.75 Å². The lowest BCUT2D eigenvalue weighted by molar-refractivity contribution is -0.155. The lowest BCUT2D eigenvalue weighted by atomic mass is 9.54. The highest BCUT2D eigenvalue weighted by Crippen LogP contribution is 2.55. The molecule has 1 amide bonds. The number of benzene rings is 1. The SMILES string of the molecule is CC(C)[C@@H]1C(=O)C(C(N)=O)=C(O)[C@@]2(O)C(=O)C3=C(O)c4c(O)ccc(C5=CC=C(CC6CCCC6)C5)c4C[C@H]3C[C@@H]12. The van der Waals surface area contributed by atoms with Crippen molar-refractivity contribution in [3.8, 4) is 5.75 Å². The number of aromatic hydroxyl groups is 1. The molecule has 2 saturated carbocycles. The molecule has 0 aromatic heterocycles. The van der Waals surface area contributed by atoms with Crippen molar-refractivity contribution in [1.29, 1.82) is 0 Å². The second kappa shape index (κ2) is 9.72. The lowest BCUT2D eigenvalue weighted by Gasteiger charge is -2.50. The zero-order valence-electron chi connectivity index (χ0n) is 23.4. The quantitative estimate of drug-likeness (QED) is 0.330. The zero-order valence-corrected chi connectivity index (χ0v) is 23.4. The van der Waals surface area contributed by atoms with Gasteiger partial charge in [0.05, 0.1) is 5.56 Å². The summed E-state index contributed by atoms with van der Waals surface area (Å²) in [6.07, 6.45) is 11.6. The van der Waals surface area contributed by atoms with Gasteiger partial charge in [-0.25, -0.2) is 0 Å². The number of rotatable bonds is 5. The van der Waals surface area contributed by atoms with Crippen molar-refractivity contribution in [2.24, 2.45) is 35.3 Å². The first-order valence-electron chi connectivity index (χ1n) is 14.7. The van der Waals surface area contributed by atoms with Crippen molar-refractivity contribution in [3.63, 3.8) is 0 Å². The number of hydrogen-bond acceptors (Lipinski definition) is 7. The number of Topliss-reactive ketones (excluding diaryl/α,β-unsaturated/α-hetero) is 2. The fourth-order valence-corrected chi connectivity index (χ4v) is 8.28. The number of aliphatic hydroxyl groups excluding tert-OH is 2. The number of nitrogens with two attached hydrogens (primary N) is 1. The maximum absolute atomic E-state index is 14.0. The molecule has 1 aromatic carbocycles. The summed E-state index contributed by atoms with van der Waals surface area (Å²) in [6, 6.07) is 3.35. The molecule has 5 aliphatic rings. The van der Waals surface area contributed by atoms with Crippen molar-refractivity contribution < 1.29 is 34.8 Å². The van der Waals surface area contributed by atoms with Gasteiger partial charge in [0.25, 0.3) is 5.91 Å². The average molecular weight is 560 g/mol. The number of primary amides is 1. The van der Waals surface area contributed by atoms with E-state index in [0.29, 0.717) is 6.42 Å². The molecule has 0 spiro atoms. The number of fused-ring (bicyclic) bond motifs is 3. The number of hydrogen-bond donors (Lipinski definition) is 5. The number of allylic oxidation sites excluding steroid dienone is 4. The van der Waals surface area contributed by atoms with Crippen LogP contribution in [0.15, 0.2) is 46.8 Å². The molecule has 2 fully saturated rings. The number of phenols is 1. The highest BCUT2D eigenvalue weighted by atomic mass is 16.3. The van der Waals surface area contributed by atoms with Gasteiger partial charge in [-0.15, -0.1) is 0 Å². The highest BCUT2D eigenvalue weighted by molar-refractivity contribution is 6.23. The van der Waals surface area contributed by atoms with Gasteiger partial charge in [-0.05, 0) is 66.2 Å². The summed E-state index contributed by atoms with van der Waals surface area (Å²) in [5.41, 5.74) is 6.14. The van der Waals surface area contributed by atoms with Gasteiger partial charge < -0.3 is 26.2 Å². The van der Waals surface area contributed by atoms with Crippen LogP contribution in [0.4, 0.5) is 0 Å². The van der Waals surface area contributed by atoms with Crippen LogP contribution in [0.25, 0.3) is 11.3 Å². The van der Waals surface area contributed by atoms with Crippen LogP contribution in [-0.4, -0.2) is 43.5 Å². The Bertz CT molecular complexity index is 1500. The summed E-state index contributed by atoms with van der Waals surface area (Å²) in [6.45, 7) is 3.51. The normalized spacial score (nSPS) is 29.9. The average Bonchev–Trinajstić information content (AvgIpc) is 3.59. The first kappa shape index (κ1) is 27.5. The summed E-state index contributed by atoms with van der Waals surface area (Å²) in [5, 5.41) is 45.2. The van der Waals surface area contributed by atoms with Crippen LogP contribution in [0.2, 0.25) is 0 Å². The molecule has 0 aliphatic heterocycles. The molecule has 6 rings (SSSR count). The summed E-state index contributed by atoms with van der Waals surface area (Å²) in [7, 11) is 0. The van der Waals surface area contributed by atoms with Gasteiger partial charge in [0.1, 0.15) is 22.8 Å². The van der Waals surface area contributed by atoms with Gasteiger partial charge in [-0.2, -0.15) is 0 Å². The summed E-state index contributed by atoms with van der Waals surface area (Å²) >= 11 is 0. The zero-order chi connectivity index (χ0) is 29.4. The number of carbonyl (C=O) groups excluding carboxylic acids is 3. The Morgan fingerprint density at radius 2 is 1.80 bits per heavy atom. The molecular formula is C33H37NO7. The lowest BCUT2D eigenvalue weighted by Crippen LogP contribution is -2.62. The van der Waals surface area contributed by atoms with Crippen molar-refractivity contribution in [2.45, 2.75) is 70.8 Å². The topological polar surface area (TPSA) is 158 Å². The molecule has 4 atom stereocenters. The van der Waals surface area contributed by atoms with E-state index in [4.69, 9.17) is 5.73 Å². The molecule has 0 radical (unpaired) electrons.